The number of hydrogen-bond acceptors (Lipinski definition) is 3. The standard InChI is InChI=1S/C18H18FN3O/c1-12(13-4-3-7-20-10-13)22(2)11-15-9-18(23)16-8-14(19)5-6-17(16)21-15/h3-10,12H,11H2,1-2H3,(H,21,23)/t12-/m0/s1. The summed E-state index contributed by atoms with van der Waals surface area (Å²) in [7, 11) is 1.99. The van der Waals surface area contributed by atoms with E-state index in [2.05, 4.69) is 21.8 Å². The molecule has 0 aliphatic carbocycles. The Morgan fingerprint density at radius 3 is 2.87 bits per heavy atom. The Balaban J connectivity index is 1.86. The smallest absolute Gasteiger partial charge is 0.189 e. The normalized spacial score (nSPS) is 12.7. The molecule has 5 heteroatoms. The summed E-state index contributed by atoms with van der Waals surface area (Å²) in [5.41, 5.74) is 2.39. The van der Waals surface area contributed by atoms with E-state index in [1.54, 1.807) is 12.3 Å². The van der Waals surface area contributed by atoms with Crippen molar-refractivity contribution in [1.29, 1.82) is 0 Å². The van der Waals surface area contributed by atoms with Gasteiger partial charge in [0, 0.05) is 47.6 Å². The second-order valence-electron chi connectivity index (χ2n) is 5.73. The Morgan fingerprint density at radius 1 is 1.30 bits per heavy atom. The predicted molar refractivity (Wildman–Crippen MR) is 88.6 cm³/mol. The first-order valence-corrected chi connectivity index (χ1v) is 7.46. The highest BCUT2D eigenvalue weighted by Crippen LogP contribution is 2.19. The van der Waals surface area contributed by atoms with E-state index in [1.165, 1.54) is 18.2 Å². The molecule has 3 rings (SSSR count). The van der Waals surface area contributed by atoms with Crippen molar-refractivity contribution in [3.8, 4) is 0 Å². The van der Waals surface area contributed by atoms with E-state index in [-0.39, 0.29) is 11.5 Å². The van der Waals surface area contributed by atoms with Gasteiger partial charge in [-0.1, -0.05) is 6.07 Å². The molecule has 118 valence electrons. The van der Waals surface area contributed by atoms with Crippen LogP contribution in [0, 0.1) is 5.82 Å². The van der Waals surface area contributed by atoms with Gasteiger partial charge in [-0.15, -0.1) is 0 Å². The SMILES string of the molecule is C[C@@H](c1cccnc1)N(C)Cc1cc(=O)c2cc(F)ccc2[nH]1. The molecule has 1 atom stereocenters. The van der Waals surface area contributed by atoms with E-state index in [0.717, 1.165) is 11.3 Å². The van der Waals surface area contributed by atoms with Crippen molar-refractivity contribution in [2.45, 2.75) is 19.5 Å². The molecule has 0 fully saturated rings. The number of hydrogen-bond donors (Lipinski definition) is 1. The van der Waals surface area contributed by atoms with Gasteiger partial charge in [0.15, 0.2) is 5.43 Å². The number of H-pyrrole nitrogens is 1. The monoisotopic (exact) mass is 311 g/mol. The molecular formula is C18H18FN3O. The summed E-state index contributed by atoms with van der Waals surface area (Å²) >= 11 is 0. The average molecular weight is 311 g/mol. The van der Waals surface area contributed by atoms with Crippen LogP contribution >= 0.6 is 0 Å². The maximum atomic E-state index is 13.3. The molecule has 0 saturated carbocycles. The minimum atomic E-state index is -0.405. The van der Waals surface area contributed by atoms with E-state index in [9.17, 15) is 9.18 Å². The summed E-state index contributed by atoms with van der Waals surface area (Å²) in [6.07, 6.45) is 3.59. The number of nitrogens with zero attached hydrogens (tertiary/aromatic N) is 2. The molecule has 3 aromatic rings. The minimum absolute atomic E-state index is 0.163. The molecule has 0 unspecified atom stereocenters. The molecule has 1 N–H and O–H groups in total. The molecule has 23 heavy (non-hydrogen) atoms. The third kappa shape index (κ3) is 3.29. The molecule has 0 saturated heterocycles. The van der Waals surface area contributed by atoms with Crippen LogP contribution in [0.2, 0.25) is 0 Å². The van der Waals surface area contributed by atoms with Crippen molar-refractivity contribution < 1.29 is 4.39 Å². The van der Waals surface area contributed by atoms with Crippen molar-refractivity contribution in [3.05, 3.63) is 76.1 Å². The topological polar surface area (TPSA) is 49.0 Å². The fourth-order valence-electron chi connectivity index (χ4n) is 2.64. The first kappa shape index (κ1) is 15.4. The Hall–Kier alpha value is -2.53. The number of rotatable bonds is 4. The summed E-state index contributed by atoms with van der Waals surface area (Å²) < 4.78 is 13.3. The van der Waals surface area contributed by atoms with Crippen LogP contribution in [-0.4, -0.2) is 21.9 Å². The maximum Gasteiger partial charge on any atom is 0.189 e. The summed E-state index contributed by atoms with van der Waals surface area (Å²) in [6.45, 7) is 2.67. The first-order chi connectivity index (χ1) is 11.0. The summed E-state index contributed by atoms with van der Waals surface area (Å²) in [6, 6.07) is 9.85. The molecular weight excluding hydrogens is 293 g/mol. The van der Waals surface area contributed by atoms with Crippen molar-refractivity contribution in [2.24, 2.45) is 0 Å². The molecule has 0 amide bonds. The van der Waals surface area contributed by atoms with E-state index < -0.39 is 5.82 Å². The van der Waals surface area contributed by atoms with Gasteiger partial charge in [0.05, 0.1) is 0 Å². The molecule has 4 nitrogen and oxygen atoms in total. The molecule has 1 aromatic carbocycles. The number of aromatic nitrogens is 2. The summed E-state index contributed by atoms with van der Waals surface area (Å²) in [5, 5.41) is 0.372. The van der Waals surface area contributed by atoms with Gasteiger partial charge in [0.25, 0.3) is 0 Å². The molecule has 0 aliphatic rings. The van der Waals surface area contributed by atoms with Gasteiger partial charge in [-0.2, -0.15) is 0 Å². The number of pyridine rings is 2. The van der Waals surface area contributed by atoms with Gasteiger partial charge in [-0.25, -0.2) is 4.39 Å². The van der Waals surface area contributed by atoms with E-state index in [4.69, 9.17) is 0 Å². The van der Waals surface area contributed by atoms with E-state index >= 15 is 0 Å². The average Bonchev–Trinajstić information content (AvgIpc) is 2.55. The van der Waals surface area contributed by atoms with Gasteiger partial charge >= 0.3 is 0 Å². The predicted octanol–water partition coefficient (Wildman–Crippen LogP) is 3.26. The lowest BCUT2D eigenvalue weighted by Gasteiger charge is -2.24. The van der Waals surface area contributed by atoms with Gasteiger partial charge in [0.1, 0.15) is 5.82 Å². The van der Waals surface area contributed by atoms with Crippen molar-refractivity contribution in [2.75, 3.05) is 7.05 Å². The van der Waals surface area contributed by atoms with Crippen LogP contribution in [0.5, 0.6) is 0 Å². The largest absolute Gasteiger partial charge is 0.357 e. The Morgan fingerprint density at radius 2 is 2.13 bits per heavy atom. The van der Waals surface area contributed by atoms with Crippen LogP contribution in [0.25, 0.3) is 10.9 Å². The lowest BCUT2D eigenvalue weighted by atomic mass is 10.1. The van der Waals surface area contributed by atoms with Crippen molar-refractivity contribution >= 4 is 10.9 Å². The number of benzene rings is 1. The maximum absolute atomic E-state index is 13.3. The molecule has 0 aliphatic heterocycles. The third-order valence-electron chi connectivity index (χ3n) is 4.10. The Kier molecular flexibility index (Phi) is 4.21. The number of fused-ring (bicyclic) bond motifs is 1. The van der Waals surface area contributed by atoms with Crippen molar-refractivity contribution in [3.63, 3.8) is 0 Å². The van der Waals surface area contributed by atoms with Crippen LogP contribution in [0.4, 0.5) is 4.39 Å². The van der Waals surface area contributed by atoms with E-state index in [0.29, 0.717) is 17.4 Å². The zero-order valence-corrected chi connectivity index (χ0v) is 13.1. The lowest BCUT2D eigenvalue weighted by Crippen LogP contribution is -2.23. The van der Waals surface area contributed by atoms with Gasteiger partial charge in [-0.05, 0) is 43.8 Å². The number of nitrogens with one attached hydrogen (secondary N) is 1. The minimum Gasteiger partial charge on any atom is -0.357 e. The van der Waals surface area contributed by atoms with Crippen LogP contribution in [-0.2, 0) is 6.54 Å². The molecule has 0 spiro atoms. The van der Waals surface area contributed by atoms with Gasteiger partial charge in [0.2, 0.25) is 0 Å². The van der Waals surface area contributed by atoms with Gasteiger partial charge < -0.3 is 4.98 Å². The molecule has 0 bridgehead atoms. The summed E-state index contributed by atoms with van der Waals surface area (Å²) in [5.74, 6) is -0.405. The Bertz CT molecular complexity index is 876. The molecule has 2 aromatic heterocycles. The summed E-state index contributed by atoms with van der Waals surface area (Å²) in [4.78, 5) is 21.6. The molecule has 0 radical (unpaired) electrons. The van der Waals surface area contributed by atoms with Crippen LogP contribution in [0.3, 0.4) is 0 Å². The molecule has 2 heterocycles. The van der Waals surface area contributed by atoms with Crippen LogP contribution < -0.4 is 5.43 Å². The highest BCUT2D eigenvalue weighted by molar-refractivity contribution is 5.78. The van der Waals surface area contributed by atoms with Crippen LogP contribution in [0.15, 0.2) is 53.6 Å². The zero-order valence-electron chi connectivity index (χ0n) is 13.1. The van der Waals surface area contributed by atoms with Gasteiger partial charge in [-0.3, -0.25) is 14.7 Å². The fraction of sp³-hybridized carbons (Fsp3) is 0.222. The van der Waals surface area contributed by atoms with Crippen molar-refractivity contribution in [1.82, 2.24) is 14.9 Å². The van der Waals surface area contributed by atoms with Crippen LogP contribution in [0.1, 0.15) is 24.2 Å². The highest BCUT2D eigenvalue weighted by Gasteiger charge is 2.13. The second kappa shape index (κ2) is 6.30. The second-order valence-corrected chi connectivity index (χ2v) is 5.73. The third-order valence-corrected chi connectivity index (χ3v) is 4.10. The quantitative estimate of drug-likeness (QED) is 0.804. The zero-order chi connectivity index (χ0) is 16.4. The lowest BCUT2D eigenvalue weighted by molar-refractivity contribution is 0.250. The highest BCUT2D eigenvalue weighted by atomic mass is 19.1. The number of aromatic amines is 1. The first-order valence-electron chi connectivity index (χ1n) is 7.46. The van der Waals surface area contributed by atoms with E-state index in [1.807, 2.05) is 25.4 Å². The fourth-order valence-corrected chi connectivity index (χ4v) is 2.64. The Labute approximate surface area is 133 Å². The number of halogens is 1.